The number of aliphatic imine (C=N–C) groups is 1. The Bertz CT molecular complexity index is 662. The summed E-state index contributed by atoms with van der Waals surface area (Å²) < 4.78 is 34.1. The van der Waals surface area contributed by atoms with Gasteiger partial charge >= 0.3 is 0 Å². The van der Waals surface area contributed by atoms with Crippen molar-refractivity contribution in [2.75, 3.05) is 53.5 Å². The molecule has 30 heavy (non-hydrogen) atoms. The van der Waals surface area contributed by atoms with E-state index in [0.717, 1.165) is 45.1 Å². The van der Waals surface area contributed by atoms with Gasteiger partial charge in [-0.05, 0) is 39.0 Å². The molecule has 0 bridgehead atoms. The summed E-state index contributed by atoms with van der Waals surface area (Å²) in [5.74, 6) is 0.509. The van der Waals surface area contributed by atoms with Crippen molar-refractivity contribution in [3.8, 4) is 0 Å². The minimum Gasteiger partial charge on any atom is -0.382 e. The van der Waals surface area contributed by atoms with Crippen LogP contribution in [0.4, 0.5) is 0 Å². The van der Waals surface area contributed by atoms with Gasteiger partial charge in [0.2, 0.25) is 15.9 Å². The highest BCUT2D eigenvalue weighted by Crippen LogP contribution is 2.22. The lowest BCUT2D eigenvalue weighted by molar-refractivity contribution is -0.127. The summed E-state index contributed by atoms with van der Waals surface area (Å²) in [5, 5.41) is 2.83. The highest BCUT2D eigenvalue weighted by Gasteiger charge is 2.34. The third-order valence-electron chi connectivity index (χ3n) is 5.62. The summed E-state index contributed by atoms with van der Waals surface area (Å²) >= 11 is 0. The first kappa shape index (κ1) is 24.9. The van der Waals surface area contributed by atoms with E-state index in [4.69, 9.17) is 4.74 Å². The molecule has 2 rings (SSSR count). The Labute approximate surface area is 181 Å². The first-order valence-corrected chi connectivity index (χ1v) is 12.7. The third-order valence-corrected chi connectivity index (χ3v) is 7.54. The zero-order chi connectivity index (χ0) is 22.0. The van der Waals surface area contributed by atoms with Crippen molar-refractivity contribution >= 4 is 21.9 Å². The van der Waals surface area contributed by atoms with Gasteiger partial charge in [-0.1, -0.05) is 12.8 Å². The van der Waals surface area contributed by atoms with Gasteiger partial charge in [0.25, 0.3) is 0 Å². The predicted molar refractivity (Wildman–Crippen MR) is 119 cm³/mol. The fourth-order valence-electron chi connectivity index (χ4n) is 3.83. The Balaban J connectivity index is 2.01. The lowest BCUT2D eigenvalue weighted by Gasteiger charge is -2.35. The molecule has 0 aromatic rings. The maximum Gasteiger partial charge on any atom is 0.243 e. The fourth-order valence-corrected chi connectivity index (χ4v) is 5.57. The van der Waals surface area contributed by atoms with Crippen molar-refractivity contribution in [1.82, 2.24) is 19.8 Å². The molecule has 1 amide bonds. The van der Waals surface area contributed by atoms with E-state index in [1.807, 2.05) is 11.8 Å². The number of ether oxygens (including phenoxy) is 1. The van der Waals surface area contributed by atoms with Crippen molar-refractivity contribution < 1.29 is 17.9 Å². The monoisotopic (exact) mass is 445 g/mol. The summed E-state index contributed by atoms with van der Waals surface area (Å²) in [7, 11) is 0.0192. The van der Waals surface area contributed by atoms with Crippen LogP contribution in [0.3, 0.4) is 0 Å². The summed E-state index contributed by atoms with van der Waals surface area (Å²) in [6.45, 7) is 5.09. The normalized spacial score (nSPS) is 21.1. The number of likely N-dealkylation sites (tertiary alicyclic amines) is 1. The van der Waals surface area contributed by atoms with Crippen molar-refractivity contribution in [1.29, 1.82) is 0 Å². The number of nitrogens with one attached hydrogen (secondary N) is 2. The molecule has 2 fully saturated rings. The molecule has 0 spiro atoms. The second-order valence-electron chi connectivity index (χ2n) is 8.26. The molecule has 10 heteroatoms. The molecular formula is C20H39N5O4S. The topological polar surface area (TPSA) is 103 Å². The Kier molecular flexibility index (Phi) is 10.3. The average Bonchev–Trinajstić information content (AvgIpc) is 3.22. The van der Waals surface area contributed by atoms with Crippen LogP contribution in [0.15, 0.2) is 4.99 Å². The first-order valence-electron chi connectivity index (χ1n) is 11.2. The number of sulfonamides is 1. The van der Waals surface area contributed by atoms with Gasteiger partial charge < -0.3 is 19.9 Å². The molecule has 1 atom stereocenters. The molecule has 1 heterocycles. The largest absolute Gasteiger partial charge is 0.382 e. The van der Waals surface area contributed by atoms with Crippen LogP contribution in [0.2, 0.25) is 0 Å². The second kappa shape index (κ2) is 12.5. The van der Waals surface area contributed by atoms with Crippen LogP contribution in [0.25, 0.3) is 0 Å². The number of carbonyl (C=O) groups is 1. The van der Waals surface area contributed by atoms with E-state index in [9.17, 15) is 13.2 Å². The van der Waals surface area contributed by atoms with Crippen LogP contribution in [0.5, 0.6) is 0 Å². The molecule has 9 nitrogen and oxygen atoms in total. The highest BCUT2D eigenvalue weighted by atomic mass is 32.2. The van der Waals surface area contributed by atoms with Crippen LogP contribution >= 0.6 is 0 Å². The number of rotatable bonds is 10. The number of guanidine groups is 1. The average molecular weight is 446 g/mol. The number of amides is 1. The predicted octanol–water partition coefficient (Wildman–Crippen LogP) is 0.773. The van der Waals surface area contributed by atoms with Crippen molar-refractivity contribution in [2.45, 2.75) is 63.2 Å². The molecule has 2 aliphatic rings. The number of nitrogens with zero attached hydrogens (tertiary/aromatic N) is 3. The van der Waals surface area contributed by atoms with Crippen molar-refractivity contribution in [3.05, 3.63) is 0 Å². The van der Waals surface area contributed by atoms with Crippen LogP contribution in [0, 0.1) is 0 Å². The summed E-state index contributed by atoms with van der Waals surface area (Å²) in [5.41, 5.74) is 0. The third kappa shape index (κ3) is 8.03. The first-order chi connectivity index (χ1) is 14.3. The summed E-state index contributed by atoms with van der Waals surface area (Å²) in [6, 6.07) is 0.0768. The number of likely N-dealkylation sites (N-methyl/N-ethyl adjacent to an activating group) is 1. The smallest absolute Gasteiger partial charge is 0.243 e. The molecule has 0 radical (unpaired) electrons. The van der Waals surface area contributed by atoms with Gasteiger partial charge in [-0.3, -0.25) is 4.79 Å². The lowest BCUT2D eigenvalue weighted by atomic mass is 10.1. The minimum absolute atomic E-state index is 0.0367. The number of hydrogen-bond donors (Lipinski definition) is 2. The molecule has 1 aliphatic heterocycles. The molecule has 0 aromatic heterocycles. The number of piperidine rings is 1. The van der Waals surface area contributed by atoms with Gasteiger partial charge in [0.15, 0.2) is 5.96 Å². The van der Waals surface area contributed by atoms with Crippen LogP contribution < -0.4 is 10.0 Å². The van der Waals surface area contributed by atoms with E-state index in [-0.39, 0.29) is 18.5 Å². The maximum absolute atomic E-state index is 12.9. The SMILES string of the molecule is CCOCCCNC(=NCC(=O)N(C)C)N1CCCC(S(=O)(=O)NC2CCCC2)C1. The van der Waals surface area contributed by atoms with Gasteiger partial charge in [0, 0.05) is 53.0 Å². The minimum atomic E-state index is -3.38. The lowest BCUT2D eigenvalue weighted by Crippen LogP contribution is -2.53. The summed E-state index contributed by atoms with van der Waals surface area (Å²) in [4.78, 5) is 20.0. The number of carbonyl (C=O) groups excluding carboxylic acids is 1. The van der Waals surface area contributed by atoms with E-state index in [1.165, 1.54) is 4.90 Å². The van der Waals surface area contributed by atoms with E-state index in [2.05, 4.69) is 15.0 Å². The van der Waals surface area contributed by atoms with E-state index >= 15 is 0 Å². The molecule has 1 aliphatic carbocycles. The Morgan fingerprint density at radius 2 is 1.93 bits per heavy atom. The Hall–Kier alpha value is -1.39. The standard InChI is InChI=1S/C20H39N5O4S/c1-4-29-14-8-12-21-20(22-15-19(26)24(2)3)25-13-7-11-18(16-25)30(27,28)23-17-9-5-6-10-17/h17-18,23H,4-16H2,1-3H3,(H,21,22). The van der Waals surface area contributed by atoms with Crippen LogP contribution in [-0.2, 0) is 19.6 Å². The quantitative estimate of drug-likeness (QED) is 0.293. The zero-order valence-electron chi connectivity index (χ0n) is 18.7. The summed E-state index contributed by atoms with van der Waals surface area (Å²) in [6.07, 6.45) is 6.27. The zero-order valence-corrected chi connectivity index (χ0v) is 19.5. The van der Waals surface area contributed by atoms with Crippen LogP contribution in [-0.4, -0.2) is 94.9 Å². The maximum atomic E-state index is 12.9. The number of hydrogen-bond acceptors (Lipinski definition) is 5. The molecule has 1 saturated heterocycles. The fraction of sp³-hybridized carbons (Fsp3) is 0.900. The van der Waals surface area contributed by atoms with Crippen LogP contribution in [0.1, 0.15) is 51.9 Å². The molecule has 2 N–H and O–H groups in total. The van der Waals surface area contributed by atoms with Gasteiger partial charge in [0.05, 0.1) is 5.25 Å². The van der Waals surface area contributed by atoms with Gasteiger partial charge in [-0.2, -0.15) is 0 Å². The second-order valence-corrected chi connectivity index (χ2v) is 10.3. The Morgan fingerprint density at radius 1 is 1.20 bits per heavy atom. The van der Waals surface area contributed by atoms with Gasteiger partial charge in [-0.15, -0.1) is 0 Å². The van der Waals surface area contributed by atoms with Crippen molar-refractivity contribution in [2.24, 2.45) is 4.99 Å². The highest BCUT2D eigenvalue weighted by molar-refractivity contribution is 7.90. The Morgan fingerprint density at radius 3 is 2.60 bits per heavy atom. The van der Waals surface area contributed by atoms with Gasteiger partial charge in [0.1, 0.15) is 6.54 Å². The molecular weight excluding hydrogens is 406 g/mol. The van der Waals surface area contributed by atoms with Crippen molar-refractivity contribution in [3.63, 3.8) is 0 Å². The molecule has 1 unspecified atom stereocenters. The molecule has 174 valence electrons. The van der Waals surface area contributed by atoms with Gasteiger partial charge in [-0.25, -0.2) is 18.1 Å². The van der Waals surface area contributed by atoms with E-state index in [0.29, 0.717) is 38.7 Å². The van der Waals surface area contributed by atoms with E-state index in [1.54, 1.807) is 14.1 Å². The van der Waals surface area contributed by atoms with E-state index < -0.39 is 15.3 Å². The molecule has 0 aromatic carbocycles. The molecule has 1 saturated carbocycles.